The lowest BCUT2D eigenvalue weighted by atomic mass is 10.1. The number of nitrogens with zero attached hydrogens (tertiary/aromatic N) is 5. The summed E-state index contributed by atoms with van der Waals surface area (Å²) in [7, 11) is 0. The Morgan fingerprint density at radius 2 is 1.63 bits per heavy atom. The molecule has 0 spiro atoms. The van der Waals surface area contributed by atoms with Gasteiger partial charge < -0.3 is 4.90 Å². The standard InChI is InChI=1S/C31H26ClN5O/c1-23-21-28(36(19-5-17-33)20-6-18-34)13-10-25(23)22-29-31(38)37(27-14-11-26(32)12-15-27)30(35-29)16-9-24-7-3-2-4-8-24/h2-4,7-16,21-22H,5-6,19-20H2,1H3. The van der Waals surface area contributed by atoms with Crippen molar-refractivity contribution in [3.05, 3.63) is 106 Å². The number of benzene rings is 3. The van der Waals surface area contributed by atoms with Crippen LogP contribution in [0.25, 0.3) is 12.2 Å². The van der Waals surface area contributed by atoms with Crippen LogP contribution in [0.4, 0.5) is 11.4 Å². The summed E-state index contributed by atoms with van der Waals surface area (Å²) in [5.41, 5.74) is 4.77. The van der Waals surface area contributed by atoms with Gasteiger partial charge in [0.2, 0.25) is 0 Å². The Morgan fingerprint density at radius 1 is 0.947 bits per heavy atom. The Balaban J connectivity index is 1.67. The monoisotopic (exact) mass is 519 g/mol. The molecule has 0 radical (unpaired) electrons. The number of hydrogen-bond acceptors (Lipinski definition) is 5. The van der Waals surface area contributed by atoms with Gasteiger partial charge in [0, 0.05) is 23.8 Å². The molecule has 0 atom stereocenters. The van der Waals surface area contributed by atoms with E-state index in [0.29, 0.717) is 48.2 Å². The topological polar surface area (TPSA) is 83.5 Å². The third kappa shape index (κ3) is 6.37. The SMILES string of the molecule is Cc1cc(N(CCC#N)CCC#N)ccc1C=C1N=C(C=Cc2ccccc2)N(c2ccc(Cl)cc2)C1=O. The molecule has 1 heterocycles. The van der Waals surface area contributed by atoms with Crippen LogP contribution in [0.2, 0.25) is 5.02 Å². The summed E-state index contributed by atoms with van der Waals surface area (Å²) in [5, 5.41) is 18.6. The van der Waals surface area contributed by atoms with Gasteiger partial charge in [-0.3, -0.25) is 9.69 Å². The molecule has 7 heteroatoms. The highest BCUT2D eigenvalue weighted by Crippen LogP contribution is 2.29. The van der Waals surface area contributed by atoms with Crippen LogP contribution >= 0.6 is 11.6 Å². The molecule has 0 saturated carbocycles. The number of carbonyl (C=O) groups is 1. The molecule has 6 nitrogen and oxygen atoms in total. The first-order valence-electron chi connectivity index (χ1n) is 12.2. The number of halogens is 1. The largest absolute Gasteiger partial charge is 0.369 e. The van der Waals surface area contributed by atoms with Crippen molar-refractivity contribution in [2.24, 2.45) is 4.99 Å². The summed E-state index contributed by atoms with van der Waals surface area (Å²) in [6.45, 7) is 3.07. The molecular weight excluding hydrogens is 494 g/mol. The third-order valence-corrected chi connectivity index (χ3v) is 6.35. The lowest BCUT2D eigenvalue weighted by molar-refractivity contribution is -0.113. The van der Waals surface area contributed by atoms with Gasteiger partial charge in [0.1, 0.15) is 11.5 Å². The van der Waals surface area contributed by atoms with E-state index in [2.05, 4.69) is 12.1 Å². The van der Waals surface area contributed by atoms with E-state index in [0.717, 1.165) is 22.4 Å². The smallest absolute Gasteiger partial charge is 0.282 e. The molecule has 1 aliphatic heterocycles. The van der Waals surface area contributed by atoms with Gasteiger partial charge in [-0.25, -0.2) is 4.99 Å². The van der Waals surface area contributed by atoms with Crippen LogP contribution in [-0.2, 0) is 4.79 Å². The van der Waals surface area contributed by atoms with Crippen LogP contribution in [0, 0.1) is 29.6 Å². The van der Waals surface area contributed by atoms with Crippen molar-refractivity contribution in [3.63, 3.8) is 0 Å². The fraction of sp³-hybridized carbons (Fsp3) is 0.161. The first kappa shape index (κ1) is 26.4. The van der Waals surface area contributed by atoms with Crippen molar-refractivity contribution in [2.45, 2.75) is 19.8 Å². The maximum atomic E-state index is 13.5. The summed E-state index contributed by atoms with van der Waals surface area (Å²) in [4.78, 5) is 21.8. The fourth-order valence-electron chi connectivity index (χ4n) is 4.13. The van der Waals surface area contributed by atoms with E-state index in [1.165, 1.54) is 0 Å². The molecule has 188 valence electrons. The molecule has 0 aromatic heterocycles. The van der Waals surface area contributed by atoms with E-state index >= 15 is 0 Å². The van der Waals surface area contributed by atoms with E-state index in [-0.39, 0.29) is 5.91 Å². The van der Waals surface area contributed by atoms with Gasteiger partial charge in [-0.05, 0) is 72.2 Å². The van der Waals surface area contributed by atoms with Gasteiger partial charge in [0.15, 0.2) is 0 Å². The van der Waals surface area contributed by atoms with Crippen molar-refractivity contribution in [1.29, 1.82) is 10.5 Å². The highest BCUT2D eigenvalue weighted by molar-refractivity contribution is 6.33. The van der Waals surface area contributed by atoms with Crippen LogP contribution in [0.15, 0.2) is 89.6 Å². The van der Waals surface area contributed by atoms with Crippen LogP contribution in [-0.4, -0.2) is 24.8 Å². The Hall–Kier alpha value is -4.65. The number of hydrogen-bond donors (Lipinski definition) is 0. The molecule has 0 N–H and O–H groups in total. The molecule has 38 heavy (non-hydrogen) atoms. The van der Waals surface area contributed by atoms with Crippen molar-refractivity contribution < 1.29 is 4.79 Å². The average molecular weight is 520 g/mol. The third-order valence-electron chi connectivity index (χ3n) is 6.09. The fourth-order valence-corrected chi connectivity index (χ4v) is 4.25. The normalized spacial score (nSPS) is 14.0. The number of carbonyl (C=O) groups excluding carboxylic acids is 1. The number of aliphatic imine (C=N–C) groups is 1. The maximum Gasteiger partial charge on any atom is 0.282 e. The average Bonchev–Trinajstić information content (AvgIpc) is 3.24. The van der Waals surface area contributed by atoms with E-state index in [1.54, 1.807) is 35.2 Å². The minimum Gasteiger partial charge on any atom is -0.369 e. The second-order valence-electron chi connectivity index (χ2n) is 8.70. The number of rotatable bonds is 9. The molecule has 1 amide bonds. The molecular formula is C31H26ClN5O. The molecule has 0 unspecified atom stereocenters. The lowest BCUT2D eigenvalue weighted by Gasteiger charge is -2.23. The van der Waals surface area contributed by atoms with Crippen LogP contribution in [0.3, 0.4) is 0 Å². The van der Waals surface area contributed by atoms with E-state index in [4.69, 9.17) is 27.1 Å². The molecule has 0 saturated heterocycles. The van der Waals surface area contributed by atoms with E-state index < -0.39 is 0 Å². The minimum atomic E-state index is -0.229. The van der Waals surface area contributed by atoms with Gasteiger partial charge >= 0.3 is 0 Å². The Morgan fingerprint density at radius 3 is 2.26 bits per heavy atom. The van der Waals surface area contributed by atoms with Crippen LogP contribution in [0.5, 0.6) is 0 Å². The van der Waals surface area contributed by atoms with E-state index in [9.17, 15) is 4.79 Å². The highest BCUT2D eigenvalue weighted by atomic mass is 35.5. The number of amides is 1. The van der Waals surface area contributed by atoms with Gasteiger partial charge in [-0.1, -0.05) is 54.1 Å². The molecule has 0 fully saturated rings. The molecule has 4 rings (SSSR count). The molecule has 0 bridgehead atoms. The van der Waals surface area contributed by atoms with Crippen molar-refractivity contribution >= 4 is 46.9 Å². The summed E-state index contributed by atoms with van der Waals surface area (Å²) in [6.07, 6.45) is 6.30. The van der Waals surface area contributed by atoms with Crippen molar-refractivity contribution in [3.8, 4) is 12.1 Å². The first-order chi connectivity index (χ1) is 18.5. The quantitative estimate of drug-likeness (QED) is 0.292. The highest BCUT2D eigenvalue weighted by Gasteiger charge is 2.30. The van der Waals surface area contributed by atoms with Gasteiger partial charge in [-0.2, -0.15) is 10.5 Å². The Labute approximate surface area is 228 Å². The zero-order chi connectivity index (χ0) is 26.9. The Bertz CT molecular complexity index is 1460. The number of nitriles is 2. The zero-order valence-electron chi connectivity index (χ0n) is 21.0. The minimum absolute atomic E-state index is 0.229. The van der Waals surface area contributed by atoms with Crippen LogP contribution < -0.4 is 9.80 Å². The van der Waals surface area contributed by atoms with Gasteiger partial charge in [0.05, 0.1) is 30.7 Å². The maximum absolute atomic E-state index is 13.5. The number of aryl methyl sites for hydroxylation is 1. The molecule has 1 aliphatic rings. The van der Waals surface area contributed by atoms with Crippen molar-refractivity contribution in [2.75, 3.05) is 22.9 Å². The summed E-state index contributed by atoms with van der Waals surface area (Å²) >= 11 is 6.08. The Kier molecular flexibility index (Phi) is 8.72. The summed E-state index contributed by atoms with van der Waals surface area (Å²) in [6, 6.07) is 27.2. The second-order valence-corrected chi connectivity index (χ2v) is 9.14. The first-order valence-corrected chi connectivity index (χ1v) is 12.6. The van der Waals surface area contributed by atoms with Gasteiger partial charge in [-0.15, -0.1) is 0 Å². The number of anilines is 2. The van der Waals surface area contributed by atoms with Gasteiger partial charge in [0.25, 0.3) is 5.91 Å². The predicted molar refractivity (Wildman–Crippen MR) is 154 cm³/mol. The lowest BCUT2D eigenvalue weighted by Crippen LogP contribution is -2.30. The molecule has 3 aromatic rings. The van der Waals surface area contributed by atoms with Crippen molar-refractivity contribution in [1.82, 2.24) is 0 Å². The zero-order valence-corrected chi connectivity index (χ0v) is 21.8. The second kappa shape index (κ2) is 12.5. The number of amidine groups is 1. The summed E-state index contributed by atoms with van der Waals surface area (Å²) in [5.74, 6) is 0.286. The molecule has 0 aliphatic carbocycles. The summed E-state index contributed by atoms with van der Waals surface area (Å²) < 4.78 is 0. The van der Waals surface area contributed by atoms with Crippen LogP contribution in [0.1, 0.15) is 29.5 Å². The van der Waals surface area contributed by atoms with E-state index in [1.807, 2.05) is 72.5 Å². The molecule has 3 aromatic carbocycles. The predicted octanol–water partition coefficient (Wildman–Crippen LogP) is 6.78.